The predicted molar refractivity (Wildman–Crippen MR) is 63.0 cm³/mol. The van der Waals surface area contributed by atoms with E-state index in [1.54, 1.807) is 0 Å². The molecule has 1 atom stereocenters. The Morgan fingerprint density at radius 3 is 2.64 bits per heavy atom. The van der Waals surface area contributed by atoms with E-state index < -0.39 is 0 Å². The number of nitrogens with one attached hydrogen (secondary N) is 1. The van der Waals surface area contributed by atoms with Crippen LogP contribution in [0.5, 0.6) is 0 Å². The van der Waals surface area contributed by atoms with Gasteiger partial charge in [-0.05, 0) is 38.7 Å². The maximum Gasteiger partial charge on any atom is 0.0336 e. The van der Waals surface area contributed by atoms with Gasteiger partial charge in [0, 0.05) is 11.2 Å². The van der Waals surface area contributed by atoms with E-state index in [0.29, 0.717) is 5.92 Å². The van der Waals surface area contributed by atoms with Gasteiger partial charge in [-0.1, -0.05) is 31.7 Å². The van der Waals surface area contributed by atoms with Crippen LogP contribution in [0.1, 0.15) is 34.1 Å². The lowest BCUT2D eigenvalue weighted by molar-refractivity contribution is 0.322. The Kier molecular flexibility index (Phi) is 3.20. The molecule has 14 heavy (non-hydrogen) atoms. The minimum Gasteiger partial charge on any atom is -0.380 e. The van der Waals surface area contributed by atoms with Crippen molar-refractivity contribution < 1.29 is 0 Å². The third kappa shape index (κ3) is 2.28. The van der Waals surface area contributed by atoms with Crippen LogP contribution in [-0.4, -0.2) is 5.54 Å². The topological polar surface area (TPSA) is 12.0 Å². The lowest BCUT2D eigenvalue weighted by Gasteiger charge is -2.39. The predicted octanol–water partition coefficient (Wildman–Crippen LogP) is 3.41. The van der Waals surface area contributed by atoms with Crippen LogP contribution in [0.3, 0.4) is 0 Å². The molecule has 1 fully saturated rings. The molecule has 1 aliphatic heterocycles. The van der Waals surface area contributed by atoms with Gasteiger partial charge in [0.1, 0.15) is 0 Å². The van der Waals surface area contributed by atoms with Crippen molar-refractivity contribution in [2.24, 2.45) is 5.92 Å². The van der Waals surface area contributed by atoms with Gasteiger partial charge in [-0.2, -0.15) is 0 Å². The van der Waals surface area contributed by atoms with E-state index in [2.05, 4.69) is 51.7 Å². The normalized spacial score (nSPS) is 31.6. The fourth-order valence-corrected chi connectivity index (χ4v) is 2.25. The molecule has 1 unspecified atom stereocenters. The van der Waals surface area contributed by atoms with Crippen molar-refractivity contribution in [1.29, 1.82) is 0 Å². The lowest BCUT2D eigenvalue weighted by atomic mass is 9.80. The van der Waals surface area contributed by atoms with E-state index >= 15 is 0 Å². The van der Waals surface area contributed by atoms with Crippen molar-refractivity contribution in [1.82, 2.24) is 5.32 Å². The molecule has 1 aliphatic rings. The summed E-state index contributed by atoms with van der Waals surface area (Å²) in [4.78, 5) is 0. The van der Waals surface area contributed by atoms with Gasteiger partial charge in [0.2, 0.25) is 0 Å². The SMILES string of the molecule is C=CC=C1/C(=C\C)NC(C)(C)CC1C. The molecule has 0 aliphatic carbocycles. The van der Waals surface area contributed by atoms with Gasteiger partial charge in [-0.3, -0.25) is 0 Å². The summed E-state index contributed by atoms with van der Waals surface area (Å²) in [5, 5.41) is 3.55. The van der Waals surface area contributed by atoms with E-state index in [0.717, 1.165) is 0 Å². The molecule has 0 aromatic rings. The van der Waals surface area contributed by atoms with Crippen LogP contribution >= 0.6 is 0 Å². The second kappa shape index (κ2) is 4.04. The van der Waals surface area contributed by atoms with Crippen molar-refractivity contribution >= 4 is 0 Å². The van der Waals surface area contributed by atoms with Crippen LogP contribution in [0.15, 0.2) is 36.1 Å². The van der Waals surface area contributed by atoms with E-state index in [-0.39, 0.29) is 5.54 Å². The number of rotatable bonds is 1. The van der Waals surface area contributed by atoms with Crippen LogP contribution in [-0.2, 0) is 0 Å². The summed E-state index contributed by atoms with van der Waals surface area (Å²) in [7, 11) is 0. The Morgan fingerprint density at radius 1 is 1.50 bits per heavy atom. The molecule has 78 valence electrons. The zero-order valence-electron chi connectivity index (χ0n) is 9.72. The van der Waals surface area contributed by atoms with E-state index in [1.165, 1.54) is 17.7 Å². The van der Waals surface area contributed by atoms with Crippen LogP contribution in [0, 0.1) is 5.92 Å². The van der Waals surface area contributed by atoms with Crippen molar-refractivity contribution in [3.8, 4) is 0 Å². The summed E-state index contributed by atoms with van der Waals surface area (Å²) in [5.74, 6) is 0.607. The molecular formula is C13H21N. The second-order valence-electron chi connectivity index (χ2n) is 4.67. The van der Waals surface area contributed by atoms with Crippen molar-refractivity contribution in [2.45, 2.75) is 39.7 Å². The molecule has 1 N–H and O–H groups in total. The zero-order chi connectivity index (χ0) is 10.8. The van der Waals surface area contributed by atoms with Crippen molar-refractivity contribution in [2.75, 3.05) is 0 Å². The first-order valence-electron chi connectivity index (χ1n) is 5.27. The van der Waals surface area contributed by atoms with Gasteiger partial charge in [-0.15, -0.1) is 0 Å². The molecule has 0 bridgehead atoms. The van der Waals surface area contributed by atoms with Crippen molar-refractivity contribution in [3.63, 3.8) is 0 Å². The van der Waals surface area contributed by atoms with E-state index in [9.17, 15) is 0 Å². The van der Waals surface area contributed by atoms with Crippen LogP contribution in [0.25, 0.3) is 0 Å². The number of hydrogen-bond donors (Lipinski definition) is 1. The fourth-order valence-electron chi connectivity index (χ4n) is 2.25. The van der Waals surface area contributed by atoms with Crippen LogP contribution in [0.4, 0.5) is 0 Å². The van der Waals surface area contributed by atoms with Gasteiger partial charge in [-0.25, -0.2) is 0 Å². The molecule has 0 amide bonds. The van der Waals surface area contributed by atoms with Gasteiger partial charge in [0.25, 0.3) is 0 Å². The Bertz CT molecular complexity index is 282. The highest BCUT2D eigenvalue weighted by molar-refractivity contribution is 5.37. The summed E-state index contributed by atoms with van der Waals surface area (Å²) >= 11 is 0. The van der Waals surface area contributed by atoms with Crippen LogP contribution < -0.4 is 5.32 Å². The first-order chi connectivity index (χ1) is 6.50. The molecule has 0 aromatic carbocycles. The third-order valence-electron chi connectivity index (χ3n) is 2.72. The highest BCUT2D eigenvalue weighted by Gasteiger charge is 2.30. The molecule has 1 heteroatoms. The monoisotopic (exact) mass is 191 g/mol. The maximum atomic E-state index is 3.76. The number of hydrogen-bond acceptors (Lipinski definition) is 1. The van der Waals surface area contributed by atoms with Gasteiger partial charge < -0.3 is 5.32 Å². The fraction of sp³-hybridized carbons (Fsp3) is 0.538. The minimum absolute atomic E-state index is 0.208. The molecule has 0 radical (unpaired) electrons. The van der Waals surface area contributed by atoms with Gasteiger partial charge in [0.15, 0.2) is 0 Å². The Morgan fingerprint density at radius 2 is 2.14 bits per heavy atom. The van der Waals surface area contributed by atoms with Crippen LogP contribution in [0.2, 0.25) is 0 Å². The largest absolute Gasteiger partial charge is 0.380 e. The second-order valence-corrected chi connectivity index (χ2v) is 4.67. The molecule has 0 saturated carbocycles. The van der Waals surface area contributed by atoms with Crippen molar-refractivity contribution in [3.05, 3.63) is 36.1 Å². The zero-order valence-corrected chi connectivity index (χ0v) is 9.72. The molecule has 1 rings (SSSR count). The first kappa shape index (κ1) is 11.1. The average Bonchev–Trinajstić information content (AvgIpc) is 2.08. The molecular weight excluding hydrogens is 170 g/mol. The molecule has 0 aromatic heterocycles. The van der Waals surface area contributed by atoms with E-state index in [4.69, 9.17) is 0 Å². The Labute approximate surface area is 87.6 Å². The maximum absolute atomic E-state index is 3.76. The highest BCUT2D eigenvalue weighted by atomic mass is 15.0. The Balaban J connectivity index is 3.00. The smallest absolute Gasteiger partial charge is 0.0336 e. The quantitative estimate of drug-likeness (QED) is 0.669. The van der Waals surface area contributed by atoms with Gasteiger partial charge in [0.05, 0.1) is 0 Å². The summed E-state index contributed by atoms with van der Waals surface area (Å²) in [6, 6.07) is 0. The average molecular weight is 191 g/mol. The van der Waals surface area contributed by atoms with E-state index in [1.807, 2.05) is 6.08 Å². The first-order valence-corrected chi connectivity index (χ1v) is 5.27. The molecule has 1 heterocycles. The third-order valence-corrected chi connectivity index (χ3v) is 2.72. The number of allylic oxidation sites excluding steroid dienone is 4. The standard InChI is InChI=1S/C13H21N/c1-6-8-11-10(3)9-13(4,5)14-12(11)7-2/h6-8,10,14H,1,9H2,2-5H3/b11-8?,12-7+. The number of piperidine rings is 1. The summed E-state index contributed by atoms with van der Waals surface area (Å²) in [6.07, 6.45) is 7.30. The minimum atomic E-state index is 0.208. The Hall–Kier alpha value is -0.980. The summed E-state index contributed by atoms with van der Waals surface area (Å²) in [6.45, 7) is 12.6. The highest BCUT2D eigenvalue weighted by Crippen LogP contribution is 2.33. The molecule has 1 nitrogen and oxygen atoms in total. The molecule has 0 spiro atoms. The van der Waals surface area contributed by atoms with Gasteiger partial charge >= 0.3 is 0 Å². The summed E-state index contributed by atoms with van der Waals surface area (Å²) in [5.41, 5.74) is 2.84. The summed E-state index contributed by atoms with van der Waals surface area (Å²) < 4.78 is 0. The lowest BCUT2D eigenvalue weighted by Crippen LogP contribution is -2.45. The molecule has 1 saturated heterocycles.